The zero-order chi connectivity index (χ0) is 20.8. The van der Waals surface area contributed by atoms with Crippen LogP contribution in [0.4, 0.5) is 0 Å². The molecular formula is C22H32ClN3O3. The summed E-state index contributed by atoms with van der Waals surface area (Å²) in [7, 11) is 0. The number of halogens is 1. The summed E-state index contributed by atoms with van der Waals surface area (Å²) in [4.78, 5) is 31.6. The van der Waals surface area contributed by atoms with E-state index in [0.717, 1.165) is 57.1 Å². The Balaban J connectivity index is 1.48. The van der Waals surface area contributed by atoms with E-state index < -0.39 is 0 Å². The van der Waals surface area contributed by atoms with Crippen molar-refractivity contribution in [1.29, 1.82) is 0 Å². The molecule has 2 unspecified atom stereocenters. The van der Waals surface area contributed by atoms with E-state index in [1.807, 2.05) is 30.9 Å². The van der Waals surface area contributed by atoms with E-state index in [-0.39, 0.29) is 23.8 Å². The molecule has 1 amide bonds. The summed E-state index contributed by atoms with van der Waals surface area (Å²) >= 11 is 5.96. The Hall–Kier alpha value is -1.63. The Labute approximate surface area is 178 Å². The number of benzene rings is 1. The van der Waals surface area contributed by atoms with Gasteiger partial charge in [-0.15, -0.1) is 0 Å². The smallest absolute Gasteiger partial charge is 0.310 e. The third kappa shape index (κ3) is 5.93. The maximum absolute atomic E-state index is 13.0. The van der Waals surface area contributed by atoms with Crippen LogP contribution in [0.5, 0.6) is 0 Å². The van der Waals surface area contributed by atoms with Gasteiger partial charge in [-0.25, -0.2) is 0 Å². The number of piperazine rings is 1. The van der Waals surface area contributed by atoms with Gasteiger partial charge in [0.1, 0.15) is 0 Å². The number of ether oxygens (including phenoxy) is 1. The van der Waals surface area contributed by atoms with Crippen LogP contribution in [0.3, 0.4) is 0 Å². The molecule has 7 heteroatoms. The van der Waals surface area contributed by atoms with Gasteiger partial charge in [-0.1, -0.05) is 23.7 Å². The van der Waals surface area contributed by atoms with Gasteiger partial charge in [-0.3, -0.25) is 19.4 Å². The molecule has 160 valence electrons. The first-order valence-electron chi connectivity index (χ1n) is 10.6. The molecule has 1 aromatic carbocycles. The normalized spacial score (nSPS) is 22.3. The molecule has 2 atom stereocenters. The van der Waals surface area contributed by atoms with Crippen LogP contribution in [0, 0.1) is 5.92 Å². The lowest BCUT2D eigenvalue weighted by Gasteiger charge is -2.40. The van der Waals surface area contributed by atoms with Crippen LogP contribution in [0.25, 0.3) is 0 Å². The number of piperidine rings is 1. The van der Waals surface area contributed by atoms with Crippen LogP contribution in [-0.2, 0) is 20.9 Å². The summed E-state index contributed by atoms with van der Waals surface area (Å²) in [5.74, 6) is -0.227. The molecule has 6 nitrogen and oxygen atoms in total. The van der Waals surface area contributed by atoms with Gasteiger partial charge >= 0.3 is 5.97 Å². The third-order valence-corrected chi connectivity index (χ3v) is 6.24. The number of likely N-dealkylation sites (tertiary alicyclic amines) is 1. The molecule has 3 rings (SSSR count). The second kappa shape index (κ2) is 10.4. The van der Waals surface area contributed by atoms with Gasteiger partial charge in [0, 0.05) is 50.8 Å². The minimum atomic E-state index is -0.184. The second-order valence-electron chi connectivity index (χ2n) is 7.99. The van der Waals surface area contributed by atoms with Crippen molar-refractivity contribution in [1.82, 2.24) is 14.7 Å². The standard InChI is InChI=1S/C22H32ClN3O3/c1-3-29-22(28)19-5-4-10-26(16-19)21(27)17(2)25-13-11-24(12-14-25)15-18-6-8-20(23)9-7-18/h6-9,17,19H,3-5,10-16H2,1-2H3. The first kappa shape index (κ1) is 22.1. The zero-order valence-electron chi connectivity index (χ0n) is 17.5. The van der Waals surface area contributed by atoms with Crippen molar-refractivity contribution in [2.45, 2.75) is 39.3 Å². The largest absolute Gasteiger partial charge is 0.466 e. The van der Waals surface area contributed by atoms with Crippen LogP contribution >= 0.6 is 11.6 Å². The van der Waals surface area contributed by atoms with Crippen LogP contribution in [0.2, 0.25) is 5.02 Å². The Morgan fingerprint density at radius 2 is 1.83 bits per heavy atom. The highest BCUT2D eigenvalue weighted by atomic mass is 35.5. The van der Waals surface area contributed by atoms with Crippen molar-refractivity contribution in [2.75, 3.05) is 45.9 Å². The van der Waals surface area contributed by atoms with Crippen molar-refractivity contribution >= 4 is 23.5 Å². The molecule has 0 saturated carbocycles. The third-order valence-electron chi connectivity index (χ3n) is 5.98. The summed E-state index contributed by atoms with van der Waals surface area (Å²) < 4.78 is 5.15. The molecule has 0 aromatic heterocycles. The van der Waals surface area contributed by atoms with Crippen molar-refractivity contribution < 1.29 is 14.3 Å². The van der Waals surface area contributed by atoms with Crippen molar-refractivity contribution in [3.05, 3.63) is 34.9 Å². The van der Waals surface area contributed by atoms with Crippen molar-refractivity contribution in [3.63, 3.8) is 0 Å². The SMILES string of the molecule is CCOC(=O)C1CCCN(C(=O)C(C)N2CCN(Cc3ccc(Cl)cc3)CC2)C1. The number of nitrogens with zero attached hydrogens (tertiary/aromatic N) is 3. The lowest BCUT2D eigenvalue weighted by atomic mass is 9.97. The summed E-state index contributed by atoms with van der Waals surface area (Å²) in [6.07, 6.45) is 1.66. The first-order chi connectivity index (χ1) is 14.0. The average Bonchev–Trinajstić information content (AvgIpc) is 2.75. The fourth-order valence-corrected chi connectivity index (χ4v) is 4.33. The lowest BCUT2D eigenvalue weighted by Crippen LogP contribution is -2.55. The number of amides is 1. The van der Waals surface area contributed by atoms with Crippen LogP contribution in [0.15, 0.2) is 24.3 Å². The van der Waals surface area contributed by atoms with Gasteiger partial charge in [0.25, 0.3) is 0 Å². The monoisotopic (exact) mass is 421 g/mol. The minimum absolute atomic E-state index is 0.130. The molecule has 0 aliphatic carbocycles. The Bertz CT molecular complexity index is 689. The van der Waals surface area contributed by atoms with Crippen LogP contribution in [0.1, 0.15) is 32.3 Å². The fraction of sp³-hybridized carbons (Fsp3) is 0.636. The number of carbonyl (C=O) groups excluding carboxylic acids is 2. The fourth-order valence-electron chi connectivity index (χ4n) is 4.21. The quantitative estimate of drug-likeness (QED) is 0.661. The lowest BCUT2D eigenvalue weighted by molar-refractivity contribution is -0.152. The van der Waals surface area contributed by atoms with Gasteiger partial charge in [0.2, 0.25) is 5.91 Å². The molecule has 29 heavy (non-hydrogen) atoms. The van der Waals surface area contributed by atoms with Gasteiger partial charge in [0.15, 0.2) is 0 Å². The highest BCUT2D eigenvalue weighted by Crippen LogP contribution is 2.20. The minimum Gasteiger partial charge on any atom is -0.466 e. The molecule has 0 spiro atoms. The zero-order valence-corrected chi connectivity index (χ0v) is 18.2. The van der Waals surface area contributed by atoms with Crippen molar-refractivity contribution in [2.24, 2.45) is 5.92 Å². The van der Waals surface area contributed by atoms with E-state index in [4.69, 9.17) is 16.3 Å². The molecular weight excluding hydrogens is 390 g/mol. The topological polar surface area (TPSA) is 53.1 Å². The summed E-state index contributed by atoms with van der Waals surface area (Å²) in [6, 6.07) is 7.83. The molecule has 2 fully saturated rings. The van der Waals surface area contributed by atoms with Crippen LogP contribution in [-0.4, -0.2) is 78.5 Å². The molecule has 2 aliphatic heterocycles. The Morgan fingerprint density at radius 3 is 2.48 bits per heavy atom. The Morgan fingerprint density at radius 1 is 1.14 bits per heavy atom. The van der Waals surface area contributed by atoms with E-state index in [9.17, 15) is 9.59 Å². The van der Waals surface area contributed by atoms with E-state index >= 15 is 0 Å². The van der Waals surface area contributed by atoms with Gasteiger partial charge < -0.3 is 9.64 Å². The molecule has 2 heterocycles. The number of carbonyl (C=O) groups is 2. The van der Waals surface area contributed by atoms with Crippen molar-refractivity contribution in [3.8, 4) is 0 Å². The first-order valence-corrected chi connectivity index (χ1v) is 11.0. The molecule has 0 radical (unpaired) electrons. The molecule has 0 N–H and O–H groups in total. The Kier molecular flexibility index (Phi) is 7.92. The number of esters is 1. The predicted octanol–water partition coefficient (Wildman–Crippen LogP) is 2.65. The van der Waals surface area contributed by atoms with E-state index in [0.29, 0.717) is 13.2 Å². The molecule has 0 bridgehead atoms. The average molecular weight is 422 g/mol. The summed E-state index contributed by atoms with van der Waals surface area (Å²) in [5.41, 5.74) is 1.25. The highest BCUT2D eigenvalue weighted by Gasteiger charge is 2.33. The predicted molar refractivity (Wildman–Crippen MR) is 114 cm³/mol. The van der Waals surface area contributed by atoms with E-state index in [1.54, 1.807) is 0 Å². The summed E-state index contributed by atoms with van der Waals surface area (Å²) in [6.45, 7) is 9.93. The molecule has 2 saturated heterocycles. The maximum Gasteiger partial charge on any atom is 0.310 e. The second-order valence-corrected chi connectivity index (χ2v) is 8.43. The molecule has 1 aromatic rings. The summed E-state index contributed by atoms with van der Waals surface area (Å²) in [5, 5.41) is 0.758. The van der Waals surface area contributed by atoms with E-state index in [1.165, 1.54) is 5.56 Å². The number of hydrogen-bond donors (Lipinski definition) is 0. The van der Waals surface area contributed by atoms with E-state index in [2.05, 4.69) is 21.9 Å². The maximum atomic E-state index is 13.0. The molecule has 2 aliphatic rings. The number of rotatable bonds is 6. The van der Waals surface area contributed by atoms with Crippen LogP contribution < -0.4 is 0 Å². The van der Waals surface area contributed by atoms with Gasteiger partial charge in [-0.2, -0.15) is 0 Å². The number of hydrogen-bond acceptors (Lipinski definition) is 5. The van der Waals surface area contributed by atoms with Gasteiger partial charge in [0.05, 0.1) is 18.6 Å². The van der Waals surface area contributed by atoms with Gasteiger partial charge in [-0.05, 0) is 44.4 Å². The highest BCUT2D eigenvalue weighted by molar-refractivity contribution is 6.30.